The van der Waals surface area contributed by atoms with Crippen LogP contribution in [-0.2, 0) is 15.1 Å². The minimum atomic E-state index is -1.38. The lowest BCUT2D eigenvalue weighted by Crippen LogP contribution is -2.66. The predicted molar refractivity (Wildman–Crippen MR) is 123 cm³/mol. The van der Waals surface area contributed by atoms with Crippen molar-refractivity contribution in [3.63, 3.8) is 0 Å². The number of hydrogen-bond donors (Lipinski definition) is 3. The molecule has 1 saturated heterocycles. The van der Waals surface area contributed by atoms with Gasteiger partial charge in [-0.15, -0.1) is 0 Å². The number of rotatable bonds is 10. The van der Waals surface area contributed by atoms with Crippen LogP contribution in [0.15, 0.2) is 48.5 Å². The van der Waals surface area contributed by atoms with Gasteiger partial charge in [0.25, 0.3) is 0 Å². The molecule has 33 heavy (non-hydrogen) atoms. The standard InChI is InChI=1S/C25H32N2O6/c1-4-5-14-33-25(20-9-7-6-8-17(20)2)15-27(16-25)23(29)21(26-24(30)31)22(28)18-10-12-19(32-3)13-11-18/h6-13,21-22,26,28H,4-5,14-16H2,1-3H3,(H,30,31). The molecule has 3 rings (SSSR count). The highest BCUT2D eigenvalue weighted by Gasteiger charge is 2.50. The number of unbranched alkanes of at least 4 members (excludes halogenated alkanes) is 1. The van der Waals surface area contributed by atoms with E-state index in [0.29, 0.717) is 17.9 Å². The zero-order chi connectivity index (χ0) is 24.0. The van der Waals surface area contributed by atoms with Crippen molar-refractivity contribution in [3.05, 3.63) is 65.2 Å². The van der Waals surface area contributed by atoms with E-state index in [1.165, 1.54) is 12.0 Å². The Balaban J connectivity index is 1.80. The third kappa shape index (κ3) is 5.46. The van der Waals surface area contributed by atoms with E-state index in [9.17, 15) is 19.8 Å². The highest BCUT2D eigenvalue weighted by Crippen LogP contribution is 2.39. The minimum absolute atomic E-state index is 0.285. The largest absolute Gasteiger partial charge is 0.497 e. The number of aliphatic hydroxyl groups excluding tert-OH is 1. The highest BCUT2D eigenvalue weighted by atomic mass is 16.5. The average Bonchev–Trinajstić information content (AvgIpc) is 2.79. The fourth-order valence-corrected chi connectivity index (χ4v) is 4.16. The summed E-state index contributed by atoms with van der Waals surface area (Å²) in [7, 11) is 1.52. The van der Waals surface area contributed by atoms with Crippen molar-refractivity contribution >= 4 is 12.0 Å². The third-order valence-electron chi connectivity index (χ3n) is 6.03. The minimum Gasteiger partial charge on any atom is -0.497 e. The molecular weight excluding hydrogens is 424 g/mol. The van der Waals surface area contributed by atoms with Gasteiger partial charge < -0.3 is 29.9 Å². The van der Waals surface area contributed by atoms with E-state index in [4.69, 9.17) is 9.47 Å². The Kier molecular flexibility index (Phi) is 7.94. The number of nitrogens with zero attached hydrogens (tertiary/aromatic N) is 1. The van der Waals surface area contributed by atoms with E-state index in [1.54, 1.807) is 24.3 Å². The van der Waals surface area contributed by atoms with Gasteiger partial charge in [0, 0.05) is 6.61 Å². The van der Waals surface area contributed by atoms with Crippen LogP contribution in [0.1, 0.15) is 42.6 Å². The lowest BCUT2D eigenvalue weighted by atomic mass is 9.82. The molecular formula is C25H32N2O6. The first-order valence-corrected chi connectivity index (χ1v) is 11.1. The van der Waals surface area contributed by atoms with Gasteiger partial charge in [-0.2, -0.15) is 0 Å². The van der Waals surface area contributed by atoms with Crippen LogP contribution >= 0.6 is 0 Å². The van der Waals surface area contributed by atoms with Crippen molar-refractivity contribution in [2.24, 2.45) is 0 Å². The zero-order valence-electron chi connectivity index (χ0n) is 19.3. The van der Waals surface area contributed by atoms with Gasteiger partial charge in [-0.05, 0) is 42.2 Å². The lowest BCUT2D eigenvalue weighted by Gasteiger charge is -2.51. The average molecular weight is 457 g/mol. The second kappa shape index (κ2) is 10.7. The topological polar surface area (TPSA) is 108 Å². The zero-order valence-corrected chi connectivity index (χ0v) is 19.3. The Morgan fingerprint density at radius 1 is 1.15 bits per heavy atom. The van der Waals surface area contributed by atoms with E-state index in [1.807, 2.05) is 31.2 Å². The molecule has 0 radical (unpaired) electrons. The van der Waals surface area contributed by atoms with E-state index < -0.39 is 29.7 Å². The molecule has 2 atom stereocenters. The number of carbonyl (C=O) groups is 2. The first-order valence-electron chi connectivity index (χ1n) is 11.1. The Morgan fingerprint density at radius 3 is 2.39 bits per heavy atom. The normalized spacial score (nSPS) is 16.4. The number of ether oxygens (including phenoxy) is 2. The van der Waals surface area contributed by atoms with Gasteiger partial charge in [-0.3, -0.25) is 4.79 Å². The number of hydrogen-bond acceptors (Lipinski definition) is 5. The lowest BCUT2D eigenvalue weighted by molar-refractivity contribution is -0.177. The number of aryl methyl sites for hydroxylation is 1. The number of carbonyl (C=O) groups excluding carboxylic acids is 1. The monoisotopic (exact) mass is 456 g/mol. The maximum Gasteiger partial charge on any atom is 0.405 e. The molecule has 0 aromatic heterocycles. The van der Waals surface area contributed by atoms with Gasteiger partial charge in [0.2, 0.25) is 5.91 Å². The van der Waals surface area contributed by atoms with Gasteiger partial charge in [-0.1, -0.05) is 49.7 Å². The molecule has 2 amide bonds. The smallest absolute Gasteiger partial charge is 0.405 e. The first kappa shape index (κ1) is 24.5. The number of nitrogens with one attached hydrogen (secondary N) is 1. The van der Waals surface area contributed by atoms with Crippen molar-refractivity contribution in [2.75, 3.05) is 26.8 Å². The van der Waals surface area contributed by atoms with Gasteiger partial charge in [0.1, 0.15) is 23.5 Å². The van der Waals surface area contributed by atoms with E-state index in [0.717, 1.165) is 24.0 Å². The Labute approximate surface area is 194 Å². The molecule has 2 aromatic rings. The molecule has 2 unspecified atom stereocenters. The molecule has 0 aliphatic carbocycles. The fraction of sp³-hybridized carbons (Fsp3) is 0.440. The number of aliphatic hydroxyl groups is 1. The molecule has 8 heteroatoms. The summed E-state index contributed by atoms with van der Waals surface area (Å²) in [6.45, 7) is 5.23. The molecule has 178 valence electrons. The van der Waals surface area contributed by atoms with Gasteiger partial charge >= 0.3 is 6.09 Å². The fourth-order valence-electron chi connectivity index (χ4n) is 4.16. The Morgan fingerprint density at radius 2 is 1.82 bits per heavy atom. The Hall–Kier alpha value is -3.10. The molecule has 0 bridgehead atoms. The summed E-state index contributed by atoms with van der Waals surface area (Å²) in [5.74, 6) is 0.0963. The van der Waals surface area contributed by atoms with Gasteiger partial charge in [0.05, 0.1) is 20.2 Å². The van der Waals surface area contributed by atoms with Crippen LogP contribution in [-0.4, -0.2) is 60.0 Å². The summed E-state index contributed by atoms with van der Waals surface area (Å²) in [5.41, 5.74) is 1.85. The summed E-state index contributed by atoms with van der Waals surface area (Å²) in [6.07, 6.45) is -0.841. The number of benzene rings is 2. The molecule has 2 aromatic carbocycles. The van der Waals surface area contributed by atoms with Crippen LogP contribution in [0.3, 0.4) is 0 Å². The molecule has 8 nitrogen and oxygen atoms in total. The molecule has 1 heterocycles. The Bertz CT molecular complexity index is 956. The highest BCUT2D eigenvalue weighted by molar-refractivity contribution is 5.87. The van der Waals surface area contributed by atoms with E-state index >= 15 is 0 Å². The van der Waals surface area contributed by atoms with Crippen molar-refractivity contribution in [1.29, 1.82) is 0 Å². The van der Waals surface area contributed by atoms with Crippen LogP contribution in [0.4, 0.5) is 4.79 Å². The second-order valence-corrected chi connectivity index (χ2v) is 8.35. The summed E-state index contributed by atoms with van der Waals surface area (Å²) < 4.78 is 11.4. The first-order chi connectivity index (χ1) is 15.8. The molecule has 1 aliphatic rings. The van der Waals surface area contributed by atoms with Crippen LogP contribution < -0.4 is 10.1 Å². The number of methoxy groups -OCH3 is 1. The van der Waals surface area contributed by atoms with Crippen molar-refractivity contribution < 1.29 is 29.3 Å². The number of amides is 2. The SMILES string of the molecule is CCCCOC1(c2ccccc2C)CN(C(=O)C(NC(=O)O)C(O)c2ccc(OC)cc2)C1. The maximum atomic E-state index is 13.3. The second-order valence-electron chi connectivity index (χ2n) is 8.35. The molecule has 1 fully saturated rings. The van der Waals surface area contributed by atoms with E-state index in [2.05, 4.69) is 12.2 Å². The molecule has 0 spiro atoms. The van der Waals surface area contributed by atoms with Crippen LogP contribution in [0.5, 0.6) is 5.75 Å². The summed E-state index contributed by atoms with van der Waals surface area (Å²) >= 11 is 0. The summed E-state index contributed by atoms with van der Waals surface area (Å²) in [5, 5.41) is 22.3. The maximum absolute atomic E-state index is 13.3. The van der Waals surface area contributed by atoms with Crippen molar-refractivity contribution in [3.8, 4) is 5.75 Å². The number of likely N-dealkylation sites (tertiary alicyclic amines) is 1. The van der Waals surface area contributed by atoms with Gasteiger partial charge in [0.15, 0.2) is 0 Å². The van der Waals surface area contributed by atoms with Crippen LogP contribution in [0.25, 0.3) is 0 Å². The molecule has 0 saturated carbocycles. The molecule has 3 N–H and O–H groups in total. The van der Waals surface area contributed by atoms with Crippen molar-refractivity contribution in [1.82, 2.24) is 10.2 Å². The summed E-state index contributed by atoms with van der Waals surface area (Å²) in [6, 6.07) is 13.1. The van der Waals surface area contributed by atoms with E-state index in [-0.39, 0.29) is 13.1 Å². The third-order valence-corrected chi connectivity index (χ3v) is 6.03. The summed E-state index contributed by atoms with van der Waals surface area (Å²) in [4.78, 5) is 26.2. The number of carboxylic acid groups (broad SMARTS) is 1. The quantitative estimate of drug-likeness (QED) is 0.474. The van der Waals surface area contributed by atoms with Gasteiger partial charge in [-0.25, -0.2) is 4.79 Å². The predicted octanol–water partition coefficient (Wildman–Crippen LogP) is 3.23. The van der Waals surface area contributed by atoms with Crippen LogP contribution in [0.2, 0.25) is 0 Å². The van der Waals surface area contributed by atoms with Crippen LogP contribution in [0, 0.1) is 6.92 Å². The van der Waals surface area contributed by atoms with Crippen molar-refractivity contribution in [2.45, 2.75) is 44.4 Å². The molecule has 1 aliphatic heterocycles.